The first kappa shape index (κ1) is 19.4. The molecule has 26 heavy (non-hydrogen) atoms. The Kier molecular flexibility index (Phi) is 6.71. The zero-order valence-electron chi connectivity index (χ0n) is 16.6. The number of benzene rings is 1. The van der Waals surface area contributed by atoms with E-state index < -0.39 is 0 Å². The van der Waals surface area contributed by atoms with E-state index in [0.717, 1.165) is 45.3 Å². The number of carbonyl (C=O) groups excluding carboxylic acids is 1. The zero-order valence-corrected chi connectivity index (χ0v) is 16.6. The van der Waals surface area contributed by atoms with Crippen LogP contribution in [0.3, 0.4) is 0 Å². The molecule has 4 nitrogen and oxygen atoms in total. The largest absolute Gasteiger partial charge is 0.378 e. The van der Waals surface area contributed by atoms with Crippen LogP contribution >= 0.6 is 0 Å². The maximum Gasteiger partial charge on any atom is 0.222 e. The van der Waals surface area contributed by atoms with Crippen LogP contribution in [0.4, 0.5) is 0 Å². The van der Waals surface area contributed by atoms with Gasteiger partial charge in [0.1, 0.15) is 0 Å². The van der Waals surface area contributed by atoms with Crippen molar-refractivity contribution in [1.29, 1.82) is 0 Å². The Labute approximate surface area is 158 Å². The standard InChI is InChI=1S/C22H34N2O2/c1-17(2)24-16-20(26-3)22(24)19-12-14-23(15-13-19)21(25)11-7-10-18-8-5-4-6-9-18/h4-6,8-9,17,19-20,22H,7,10-16H2,1-3H3/t20-,22-/m0/s1. The number of amides is 1. The first-order valence-corrected chi connectivity index (χ1v) is 10.2. The van der Waals surface area contributed by atoms with E-state index in [1.165, 1.54) is 5.56 Å². The lowest BCUT2D eigenvalue weighted by molar-refractivity contribution is -0.140. The average Bonchev–Trinajstić information content (AvgIpc) is 2.62. The molecule has 1 amide bonds. The normalized spacial score (nSPS) is 24.7. The Morgan fingerprint density at radius 1 is 1.19 bits per heavy atom. The van der Waals surface area contributed by atoms with Gasteiger partial charge in [0.15, 0.2) is 0 Å². The Morgan fingerprint density at radius 2 is 1.88 bits per heavy atom. The summed E-state index contributed by atoms with van der Waals surface area (Å²) in [5, 5.41) is 0. The molecule has 2 atom stereocenters. The van der Waals surface area contributed by atoms with Crippen molar-refractivity contribution in [1.82, 2.24) is 9.80 Å². The number of hydrogen-bond acceptors (Lipinski definition) is 3. The van der Waals surface area contributed by atoms with Crippen LogP contribution in [0, 0.1) is 5.92 Å². The molecular formula is C22H34N2O2. The van der Waals surface area contributed by atoms with Crippen molar-refractivity contribution in [3.63, 3.8) is 0 Å². The number of likely N-dealkylation sites (tertiary alicyclic amines) is 2. The number of aryl methyl sites for hydroxylation is 1. The molecule has 1 aromatic rings. The van der Waals surface area contributed by atoms with Gasteiger partial charge in [-0.1, -0.05) is 30.3 Å². The number of piperidine rings is 1. The summed E-state index contributed by atoms with van der Waals surface area (Å²) >= 11 is 0. The Balaban J connectivity index is 1.42. The summed E-state index contributed by atoms with van der Waals surface area (Å²) < 4.78 is 5.68. The highest BCUT2D eigenvalue weighted by molar-refractivity contribution is 5.76. The molecule has 0 saturated carbocycles. The molecule has 2 heterocycles. The Bertz CT molecular complexity index is 567. The van der Waals surface area contributed by atoms with E-state index >= 15 is 0 Å². The number of rotatable bonds is 7. The van der Waals surface area contributed by atoms with Gasteiger partial charge in [-0.3, -0.25) is 9.69 Å². The van der Waals surface area contributed by atoms with Gasteiger partial charge >= 0.3 is 0 Å². The molecular weight excluding hydrogens is 324 g/mol. The van der Waals surface area contributed by atoms with E-state index in [-0.39, 0.29) is 0 Å². The van der Waals surface area contributed by atoms with Crippen molar-refractivity contribution < 1.29 is 9.53 Å². The fourth-order valence-electron chi connectivity index (χ4n) is 4.59. The summed E-state index contributed by atoms with van der Waals surface area (Å²) in [5.41, 5.74) is 1.32. The molecule has 0 radical (unpaired) electrons. The Morgan fingerprint density at radius 3 is 2.50 bits per heavy atom. The highest BCUT2D eigenvalue weighted by Crippen LogP contribution is 2.35. The van der Waals surface area contributed by atoms with Crippen molar-refractivity contribution in [2.75, 3.05) is 26.7 Å². The third-order valence-electron chi connectivity index (χ3n) is 6.19. The molecule has 3 rings (SSSR count). The van der Waals surface area contributed by atoms with Crippen LogP contribution in [0.5, 0.6) is 0 Å². The van der Waals surface area contributed by atoms with Crippen molar-refractivity contribution in [2.24, 2.45) is 5.92 Å². The van der Waals surface area contributed by atoms with Gasteiger partial charge in [-0.2, -0.15) is 0 Å². The fourth-order valence-corrected chi connectivity index (χ4v) is 4.59. The number of hydrogen-bond donors (Lipinski definition) is 0. The average molecular weight is 359 g/mol. The molecule has 1 aromatic carbocycles. The summed E-state index contributed by atoms with van der Waals surface area (Å²) in [7, 11) is 1.83. The third-order valence-corrected chi connectivity index (χ3v) is 6.19. The van der Waals surface area contributed by atoms with Gasteiger partial charge in [0.05, 0.1) is 6.10 Å². The zero-order chi connectivity index (χ0) is 18.5. The minimum absolute atomic E-state index is 0.331. The van der Waals surface area contributed by atoms with Crippen LogP contribution in [-0.2, 0) is 16.0 Å². The van der Waals surface area contributed by atoms with Gasteiger partial charge in [-0.05, 0) is 51.0 Å². The predicted octanol–water partition coefficient (Wildman–Crippen LogP) is 3.36. The predicted molar refractivity (Wildman–Crippen MR) is 105 cm³/mol. The summed E-state index contributed by atoms with van der Waals surface area (Å²) in [6.45, 7) is 7.41. The second-order valence-corrected chi connectivity index (χ2v) is 8.11. The van der Waals surface area contributed by atoms with Gasteiger partial charge in [-0.25, -0.2) is 0 Å². The van der Waals surface area contributed by atoms with Gasteiger partial charge < -0.3 is 9.64 Å². The molecule has 4 heteroatoms. The lowest BCUT2D eigenvalue weighted by Gasteiger charge is -2.54. The van der Waals surface area contributed by atoms with Gasteiger partial charge in [0.25, 0.3) is 0 Å². The molecule has 0 aromatic heterocycles. The van der Waals surface area contributed by atoms with Crippen LogP contribution in [0.25, 0.3) is 0 Å². The SMILES string of the molecule is CO[C@H]1CN(C(C)C)[C@H]1C1CCN(C(=O)CCCc2ccccc2)CC1. The highest BCUT2D eigenvalue weighted by Gasteiger charge is 2.45. The summed E-state index contributed by atoms with van der Waals surface area (Å²) in [4.78, 5) is 17.2. The minimum atomic E-state index is 0.331. The van der Waals surface area contributed by atoms with E-state index in [0.29, 0.717) is 36.4 Å². The third kappa shape index (κ3) is 4.47. The number of nitrogens with zero attached hydrogens (tertiary/aromatic N) is 2. The van der Waals surface area contributed by atoms with Crippen LogP contribution in [0.15, 0.2) is 30.3 Å². The van der Waals surface area contributed by atoms with E-state index in [4.69, 9.17) is 4.74 Å². The van der Waals surface area contributed by atoms with Crippen molar-refractivity contribution in [3.8, 4) is 0 Å². The molecule has 2 fully saturated rings. The summed E-state index contributed by atoms with van der Waals surface area (Å²) in [5.74, 6) is 0.987. The highest BCUT2D eigenvalue weighted by atomic mass is 16.5. The summed E-state index contributed by atoms with van der Waals surface area (Å²) in [6.07, 6.45) is 5.19. The molecule has 0 bridgehead atoms. The molecule has 0 spiro atoms. The second kappa shape index (κ2) is 9.01. The van der Waals surface area contributed by atoms with Crippen molar-refractivity contribution in [2.45, 2.75) is 64.1 Å². The monoisotopic (exact) mass is 358 g/mol. The minimum Gasteiger partial charge on any atom is -0.378 e. The molecule has 2 aliphatic heterocycles. The van der Waals surface area contributed by atoms with Crippen molar-refractivity contribution >= 4 is 5.91 Å². The van der Waals surface area contributed by atoms with E-state index in [2.05, 4.69) is 47.9 Å². The van der Waals surface area contributed by atoms with Crippen LogP contribution in [0.1, 0.15) is 45.1 Å². The van der Waals surface area contributed by atoms with E-state index in [9.17, 15) is 4.79 Å². The van der Waals surface area contributed by atoms with Crippen LogP contribution in [0.2, 0.25) is 0 Å². The van der Waals surface area contributed by atoms with Gasteiger partial charge in [-0.15, -0.1) is 0 Å². The summed E-state index contributed by atoms with van der Waals surface area (Å²) in [6, 6.07) is 11.6. The maximum absolute atomic E-state index is 12.5. The van der Waals surface area contributed by atoms with Gasteiger partial charge in [0, 0.05) is 45.2 Å². The molecule has 0 aliphatic carbocycles. The van der Waals surface area contributed by atoms with E-state index in [1.54, 1.807) is 0 Å². The van der Waals surface area contributed by atoms with Gasteiger partial charge in [0.2, 0.25) is 5.91 Å². The van der Waals surface area contributed by atoms with Crippen LogP contribution < -0.4 is 0 Å². The lowest BCUT2D eigenvalue weighted by Crippen LogP contribution is -2.66. The molecule has 0 unspecified atom stereocenters. The van der Waals surface area contributed by atoms with E-state index in [1.807, 2.05) is 13.2 Å². The lowest BCUT2D eigenvalue weighted by atomic mass is 9.79. The van der Waals surface area contributed by atoms with Crippen LogP contribution in [-0.4, -0.2) is 60.6 Å². The first-order chi connectivity index (χ1) is 12.6. The van der Waals surface area contributed by atoms with Crippen molar-refractivity contribution in [3.05, 3.63) is 35.9 Å². The Hall–Kier alpha value is -1.39. The number of ether oxygens (including phenoxy) is 1. The topological polar surface area (TPSA) is 32.8 Å². The maximum atomic E-state index is 12.5. The fraction of sp³-hybridized carbons (Fsp3) is 0.682. The molecule has 2 aliphatic rings. The molecule has 0 N–H and O–H groups in total. The second-order valence-electron chi connectivity index (χ2n) is 8.11. The number of methoxy groups -OCH3 is 1. The number of carbonyl (C=O) groups is 1. The molecule has 144 valence electrons. The smallest absolute Gasteiger partial charge is 0.222 e. The quantitative estimate of drug-likeness (QED) is 0.749. The molecule has 2 saturated heterocycles. The first-order valence-electron chi connectivity index (χ1n) is 10.2.